The van der Waals surface area contributed by atoms with E-state index in [1.807, 2.05) is 0 Å². The van der Waals surface area contributed by atoms with Crippen molar-refractivity contribution in [2.45, 2.75) is 6.92 Å². The van der Waals surface area contributed by atoms with Gasteiger partial charge < -0.3 is 4.98 Å². The monoisotopic (exact) mass is 134 g/mol. The van der Waals surface area contributed by atoms with Crippen molar-refractivity contribution in [1.82, 2.24) is 4.98 Å². The van der Waals surface area contributed by atoms with Crippen molar-refractivity contribution in [1.29, 1.82) is 0 Å². The lowest BCUT2D eigenvalue weighted by atomic mass is 10.2. The number of H-pyrrole nitrogens is 1. The van der Waals surface area contributed by atoms with Crippen LogP contribution in [0.3, 0.4) is 0 Å². The van der Waals surface area contributed by atoms with Gasteiger partial charge in [0.1, 0.15) is 0 Å². The number of nitrogens with one attached hydrogen (secondary N) is 1. The van der Waals surface area contributed by atoms with Crippen molar-refractivity contribution in [3.05, 3.63) is 39.6 Å². The van der Waals surface area contributed by atoms with E-state index in [2.05, 4.69) is 9.83 Å². The van der Waals surface area contributed by atoms with E-state index in [4.69, 9.17) is 6.57 Å². The lowest BCUT2D eigenvalue weighted by molar-refractivity contribution is 1.22. The first-order valence-electron chi connectivity index (χ1n) is 2.81. The van der Waals surface area contributed by atoms with Crippen LogP contribution in [-0.4, -0.2) is 4.98 Å². The van der Waals surface area contributed by atoms with Gasteiger partial charge in [0, 0.05) is 6.20 Å². The Morgan fingerprint density at radius 1 is 1.70 bits per heavy atom. The van der Waals surface area contributed by atoms with Crippen molar-refractivity contribution >= 4 is 5.69 Å². The average molecular weight is 134 g/mol. The van der Waals surface area contributed by atoms with Crippen LogP contribution in [0, 0.1) is 13.5 Å². The van der Waals surface area contributed by atoms with Crippen LogP contribution in [0.25, 0.3) is 4.85 Å². The number of aryl methyl sites for hydroxylation is 1. The van der Waals surface area contributed by atoms with Crippen molar-refractivity contribution in [3.8, 4) is 0 Å². The molecule has 3 heteroatoms. The molecule has 0 radical (unpaired) electrons. The second kappa shape index (κ2) is 2.36. The van der Waals surface area contributed by atoms with Gasteiger partial charge in [-0.3, -0.25) is 4.79 Å². The molecule has 0 fully saturated rings. The van der Waals surface area contributed by atoms with E-state index in [0.29, 0.717) is 0 Å². The Hall–Kier alpha value is -1.56. The summed E-state index contributed by atoms with van der Waals surface area (Å²) in [5.41, 5.74) is 0.594. The van der Waals surface area contributed by atoms with E-state index in [0.717, 1.165) is 5.56 Å². The van der Waals surface area contributed by atoms with E-state index in [-0.39, 0.29) is 11.2 Å². The van der Waals surface area contributed by atoms with E-state index >= 15 is 0 Å². The van der Waals surface area contributed by atoms with Crippen LogP contribution in [0.1, 0.15) is 5.56 Å². The minimum absolute atomic E-state index is 0.183. The third-order valence-electron chi connectivity index (χ3n) is 1.25. The maximum atomic E-state index is 10.8. The molecule has 1 heterocycles. The molecule has 0 bridgehead atoms. The molecule has 1 aromatic heterocycles. The largest absolute Gasteiger partial charge is 0.338 e. The molecule has 10 heavy (non-hydrogen) atoms. The van der Waals surface area contributed by atoms with Gasteiger partial charge in [-0.15, -0.1) is 0 Å². The van der Waals surface area contributed by atoms with E-state index in [1.54, 1.807) is 13.0 Å². The van der Waals surface area contributed by atoms with E-state index in [9.17, 15) is 4.79 Å². The molecular formula is C7H6N2O. The van der Waals surface area contributed by atoms with Gasteiger partial charge in [-0.05, 0) is 12.5 Å². The number of hydrogen-bond acceptors (Lipinski definition) is 1. The Bertz CT molecular complexity index is 332. The Morgan fingerprint density at radius 2 is 2.40 bits per heavy atom. The first kappa shape index (κ1) is 6.56. The SMILES string of the molecule is [C-]#[N+]c1c(C)cc[nH]c1=O. The molecule has 0 atom stereocenters. The smallest absolute Gasteiger partial charge is 0.254 e. The lowest BCUT2D eigenvalue weighted by Gasteiger charge is -1.91. The first-order valence-corrected chi connectivity index (χ1v) is 2.81. The summed E-state index contributed by atoms with van der Waals surface area (Å²) in [4.78, 5) is 16.3. The maximum absolute atomic E-state index is 10.8. The Balaban J connectivity index is 3.50. The summed E-state index contributed by atoms with van der Waals surface area (Å²) < 4.78 is 0. The predicted molar refractivity (Wildman–Crippen MR) is 38.1 cm³/mol. The topological polar surface area (TPSA) is 37.2 Å². The summed E-state index contributed by atoms with van der Waals surface area (Å²) in [6.45, 7) is 8.37. The number of aromatic nitrogens is 1. The highest BCUT2D eigenvalue weighted by Crippen LogP contribution is 2.08. The molecule has 1 N–H and O–H groups in total. The molecule has 0 amide bonds. The van der Waals surface area contributed by atoms with Gasteiger partial charge in [0.05, 0.1) is 6.57 Å². The molecule has 0 spiro atoms. The first-order chi connectivity index (χ1) is 4.75. The molecule has 0 aliphatic carbocycles. The second-order valence-corrected chi connectivity index (χ2v) is 1.95. The van der Waals surface area contributed by atoms with Crippen molar-refractivity contribution in [3.63, 3.8) is 0 Å². The summed E-state index contributed by atoms with van der Waals surface area (Å²) in [5.74, 6) is 0. The Kier molecular flexibility index (Phi) is 1.55. The van der Waals surface area contributed by atoms with Crippen molar-refractivity contribution in [2.75, 3.05) is 0 Å². The molecule has 50 valence electrons. The number of nitrogens with zero attached hydrogens (tertiary/aromatic N) is 1. The maximum Gasteiger partial charge on any atom is 0.254 e. The minimum atomic E-state index is -0.310. The van der Waals surface area contributed by atoms with Crippen molar-refractivity contribution in [2.24, 2.45) is 0 Å². The van der Waals surface area contributed by atoms with Gasteiger partial charge in [-0.2, -0.15) is 0 Å². The third-order valence-corrected chi connectivity index (χ3v) is 1.25. The fourth-order valence-corrected chi connectivity index (χ4v) is 0.708. The van der Waals surface area contributed by atoms with Crippen LogP contribution < -0.4 is 5.56 Å². The zero-order valence-electron chi connectivity index (χ0n) is 5.51. The normalized spacial score (nSPS) is 8.80. The van der Waals surface area contributed by atoms with Gasteiger partial charge >= 0.3 is 0 Å². The highest BCUT2D eigenvalue weighted by Gasteiger charge is 1.99. The van der Waals surface area contributed by atoms with Crippen LogP contribution in [-0.2, 0) is 0 Å². The summed E-state index contributed by atoms with van der Waals surface area (Å²) >= 11 is 0. The number of aromatic amines is 1. The van der Waals surface area contributed by atoms with Crippen LogP contribution in [0.15, 0.2) is 17.1 Å². The van der Waals surface area contributed by atoms with Gasteiger partial charge in [-0.25, -0.2) is 4.85 Å². The van der Waals surface area contributed by atoms with Crippen molar-refractivity contribution < 1.29 is 0 Å². The van der Waals surface area contributed by atoms with Crippen LogP contribution in [0.5, 0.6) is 0 Å². The van der Waals surface area contributed by atoms with E-state index in [1.165, 1.54) is 6.20 Å². The molecule has 0 aromatic carbocycles. The predicted octanol–water partition coefficient (Wildman–Crippen LogP) is 1.23. The zero-order valence-corrected chi connectivity index (χ0v) is 5.51. The fraction of sp³-hybridized carbons (Fsp3) is 0.143. The highest BCUT2D eigenvalue weighted by atomic mass is 16.1. The third kappa shape index (κ3) is 0.914. The number of rotatable bonds is 0. The standard InChI is InChI=1S/C7H6N2O/c1-5-3-4-9-7(10)6(5)8-2/h3-4H,1H3,(H,9,10). The summed E-state index contributed by atoms with van der Waals surface area (Å²) in [5, 5.41) is 0. The molecule has 0 saturated carbocycles. The number of hydrogen-bond donors (Lipinski definition) is 1. The Morgan fingerprint density at radius 3 is 2.80 bits per heavy atom. The van der Waals surface area contributed by atoms with Gasteiger partial charge in [0.25, 0.3) is 11.2 Å². The van der Waals surface area contributed by atoms with Crippen LogP contribution in [0.4, 0.5) is 5.69 Å². The lowest BCUT2D eigenvalue weighted by Crippen LogP contribution is -2.03. The molecule has 1 rings (SSSR count). The average Bonchev–Trinajstić information content (AvgIpc) is 1.88. The quantitative estimate of drug-likeness (QED) is 0.532. The molecular weight excluding hydrogens is 128 g/mol. The number of pyridine rings is 1. The zero-order chi connectivity index (χ0) is 7.56. The van der Waals surface area contributed by atoms with Gasteiger partial charge in [0.15, 0.2) is 0 Å². The second-order valence-electron chi connectivity index (χ2n) is 1.95. The summed E-state index contributed by atoms with van der Waals surface area (Å²) in [6.07, 6.45) is 1.53. The van der Waals surface area contributed by atoms with Crippen LogP contribution in [0.2, 0.25) is 0 Å². The van der Waals surface area contributed by atoms with E-state index < -0.39 is 0 Å². The molecule has 0 aliphatic heterocycles. The fourth-order valence-electron chi connectivity index (χ4n) is 0.708. The Labute approximate surface area is 58.1 Å². The molecule has 0 unspecified atom stereocenters. The molecule has 0 saturated heterocycles. The van der Waals surface area contributed by atoms with Gasteiger partial charge in [0.2, 0.25) is 0 Å². The summed E-state index contributed by atoms with van der Waals surface area (Å²) in [7, 11) is 0. The molecule has 1 aromatic rings. The molecule has 0 aliphatic rings. The summed E-state index contributed by atoms with van der Waals surface area (Å²) in [6, 6.07) is 1.70. The highest BCUT2D eigenvalue weighted by molar-refractivity contribution is 5.48. The minimum Gasteiger partial charge on any atom is -0.338 e. The van der Waals surface area contributed by atoms with Crippen LogP contribution >= 0.6 is 0 Å². The molecule has 3 nitrogen and oxygen atoms in total. The van der Waals surface area contributed by atoms with Gasteiger partial charge in [-0.1, -0.05) is 6.07 Å².